The van der Waals surface area contributed by atoms with Crippen LogP contribution in [0.2, 0.25) is 0 Å². The highest BCUT2D eigenvalue weighted by Crippen LogP contribution is 2.11. The Labute approximate surface area is 69.2 Å². The minimum absolute atomic E-state index is 0.0813. The number of carboxylic acids is 1. The molecule has 1 saturated heterocycles. The molecule has 0 aromatic heterocycles. The molecule has 5 nitrogen and oxygen atoms in total. The normalized spacial score (nSPS) is 22.2. The van der Waals surface area contributed by atoms with E-state index in [1.54, 1.807) is 0 Å². The fourth-order valence-corrected chi connectivity index (χ4v) is 0.996. The topological polar surface area (TPSA) is 66.8 Å². The molecule has 5 heteroatoms. The van der Waals surface area contributed by atoms with Crippen LogP contribution in [0.15, 0.2) is 12.7 Å². The Hall–Kier alpha value is -1.52. The first-order valence-electron chi connectivity index (χ1n) is 3.44. The van der Waals surface area contributed by atoms with Crippen molar-refractivity contribution in [1.82, 2.24) is 4.90 Å². The monoisotopic (exact) mass is 171 g/mol. The number of carboxylic acid groups (broad SMARTS) is 1. The van der Waals surface area contributed by atoms with Gasteiger partial charge in [0.2, 0.25) is 0 Å². The molecule has 1 fully saturated rings. The second-order valence-electron chi connectivity index (χ2n) is 2.37. The Kier molecular flexibility index (Phi) is 2.32. The van der Waals surface area contributed by atoms with Gasteiger partial charge in [0.05, 0.1) is 0 Å². The summed E-state index contributed by atoms with van der Waals surface area (Å²) in [7, 11) is 0. The average molecular weight is 171 g/mol. The number of hydrogen-bond acceptors (Lipinski definition) is 3. The van der Waals surface area contributed by atoms with Crippen molar-refractivity contribution in [2.45, 2.75) is 6.04 Å². The predicted molar refractivity (Wildman–Crippen MR) is 39.7 cm³/mol. The van der Waals surface area contributed by atoms with Crippen LogP contribution in [-0.4, -0.2) is 41.3 Å². The summed E-state index contributed by atoms with van der Waals surface area (Å²) in [5, 5.41) is 8.62. The number of carbonyl (C=O) groups excluding carboxylic acids is 1. The molecule has 66 valence electrons. The molecule has 1 atom stereocenters. The second-order valence-corrected chi connectivity index (χ2v) is 2.37. The molecule has 1 heterocycles. The van der Waals surface area contributed by atoms with Gasteiger partial charge in [0.15, 0.2) is 6.04 Å². The van der Waals surface area contributed by atoms with Gasteiger partial charge >= 0.3 is 12.1 Å². The molecule has 12 heavy (non-hydrogen) atoms. The van der Waals surface area contributed by atoms with Crippen molar-refractivity contribution in [3.05, 3.63) is 12.7 Å². The van der Waals surface area contributed by atoms with E-state index in [1.165, 1.54) is 6.08 Å². The van der Waals surface area contributed by atoms with Crippen LogP contribution in [0.5, 0.6) is 0 Å². The van der Waals surface area contributed by atoms with Crippen LogP contribution in [0.3, 0.4) is 0 Å². The molecule has 0 aromatic carbocycles. The third-order valence-electron chi connectivity index (χ3n) is 1.59. The van der Waals surface area contributed by atoms with Gasteiger partial charge in [-0.15, -0.1) is 6.58 Å². The third kappa shape index (κ3) is 1.39. The van der Waals surface area contributed by atoms with Crippen molar-refractivity contribution >= 4 is 12.1 Å². The van der Waals surface area contributed by atoms with Gasteiger partial charge in [0.25, 0.3) is 0 Å². The first-order valence-corrected chi connectivity index (χ1v) is 3.44. The van der Waals surface area contributed by atoms with Crippen molar-refractivity contribution in [2.75, 3.05) is 13.2 Å². The number of hydrogen-bond donors (Lipinski definition) is 1. The highest BCUT2D eigenvalue weighted by atomic mass is 16.6. The summed E-state index contributed by atoms with van der Waals surface area (Å²) in [6.07, 6.45) is 0.866. The predicted octanol–water partition coefficient (Wildman–Crippen LogP) is 0.0778. The Morgan fingerprint density at radius 3 is 3.08 bits per heavy atom. The molecule has 1 aliphatic heterocycles. The van der Waals surface area contributed by atoms with E-state index in [9.17, 15) is 9.59 Å². The van der Waals surface area contributed by atoms with Crippen LogP contribution in [0.25, 0.3) is 0 Å². The van der Waals surface area contributed by atoms with Crippen molar-refractivity contribution < 1.29 is 19.4 Å². The number of nitrogens with zero attached hydrogens (tertiary/aromatic N) is 1. The van der Waals surface area contributed by atoms with Gasteiger partial charge in [-0.3, -0.25) is 4.90 Å². The van der Waals surface area contributed by atoms with Gasteiger partial charge in [-0.05, 0) is 0 Å². The fourth-order valence-electron chi connectivity index (χ4n) is 0.996. The van der Waals surface area contributed by atoms with Crippen LogP contribution < -0.4 is 0 Å². The van der Waals surface area contributed by atoms with Crippen LogP contribution >= 0.6 is 0 Å². The van der Waals surface area contributed by atoms with E-state index in [-0.39, 0.29) is 13.2 Å². The summed E-state index contributed by atoms with van der Waals surface area (Å²) in [5.74, 6) is -1.05. The van der Waals surface area contributed by atoms with Crippen LogP contribution in [0.4, 0.5) is 4.79 Å². The van der Waals surface area contributed by atoms with Gasteiger partial charge in [-0.25, -0.2) is 9.59 Å². The van der Waals surface area contributed by atoms with Crippen molar-refractivity contribution in [3.63, 3.8) is 0 Å². The molecule has 0 bridgehead atoms. The fraction of sp³-hybridized carbons (Fsp3) is 0.429. The first-order chi connectivity index (χ1) is 5.66. The molecule has 1 aliphatic rings. The molecule has 1 rings (SSSR count). The zero-order valence-electron chi connectivity index (χ0n) is 6.40. The lowest BCUT2D eigenvalue weighted by atomic mass is 10.3. The van der Waals surface area contributed by atoms with Gasteiger partial charge in [-0.2, -0.15) is 0 Å². The van der Waals surface area contributed by atoms with E-state index < -0.39 is 18.1 Å². The zero-order valence-corrected chi connectivity index (χ0v) is 6.40. The number of aliphatic carboxylic acids is 1. The van der Waals surface area contributed by atoms with E-state index in [0.29, 0.717) is 0 Å². The summed E-state index contributed by atoms with van der Waals surface area (Å²) in [4.78, 5) is 22.5. The first kappa shape index (κ1) is 8.58. The molecule has 1 amide bonds. The van der Waals surface area contributed by atoms with E-state index in [1.807, 2.05) is 0 Å². The molecule has 1 N–H and O–H groups in total. The number of amides is 1. The van der Waals surface area contributed by atoms with Crippen LogP contribution in [0.1, 0.15) is 0 Å². The highest BCUT2D eigenvalue weighted by molar-refractivity contribution is 5.83. The van der Waals surface area contributed by atoms with Crippen molar-refractivity contribution in [2.24, 2.45) is 0 Å². The molecule has 0 spiro atoms. The highest BCUT2D eigenvalue weighted by Gasteiger charge is 2.36. The van der Waals surface area contributed by atoms with Crippen molar-refractivity contribution in [3.8, 4) is 0 Å². The van der Waals surface area contributed by atoms with E-state index >= 15 is 0 Å². The Bertz CT molecular complexity index is 225. The Balaban J connectivity index is 2.69. The summed E-state index contributed by atoms with van der Waals surface area (Å²) < 4.78 is 4.55. The lowest BCUT2D eigenvalue weighted by Crippen LogP contribution is -2.39. The van der Waals surface area contributed by atoms with Crippen molar-refractivity contribution in [1.29, 1.82) is 0 Å². The van der Waals surface area contributed by atoms with Gasteiger partial charge in [0, 0.05) is 6.54 Å². The summed E-state index contributed by atoms with van der Waals surface area (Å²) >= 11 is 0. The lowest BCUT2D eigenvalue weighted by Gasteiger charge is -2.14. The van der Waals surface area contributed by atoms with Crippen LogP contribution in [0, 0.1) is 0 Å². The number of rotatable bonds is 3. The standard InChI is InChI=1S/C7H9NO4/c1-2-3-8-5(6(9)10)4-12-7(8)11/h2,5H,1,3-4H2,(H,9,10)/t5-/m0/s1. The van der Waals surface area contributed by atoms with Gasteiger partial charge in [0.1, 0.15) is 6.61 Å². The Morgan fingerprint density at radius 1 is 1.92 bits per heavy atom. The SMILES string of the molecule is C=CCN1C(=O)OC[C@H]1C(=O)O. The van der Waals surface area contributed by atoms with E-state index in [0.717, 1.165) is 4.90 Å². The third-order valence-corrected chi connectivity index (χ3v) is 1.59. The summed E-state index contributed by atoms with van der Waals surface area (Å²) in [6.45, 7) is 3.53. The maximum atomic E-state index is 10.9. The maximum Gasteiger partial charge on any atom is 0.411 e. The molecular weight excluding hydrogens is 162 g/mol. The molecule has 0 aromatic rings. The second kappa shape index (κ2) is 3.25. The minimum atomic E-state index is -1.05. The van der Waals surface area contributed by atoms with Gasteiger partial charge < -0.3 is 9.84 Å². The summed E-state index contributed by atoms with van der Waals surface area (Å²) in [5.41, 5.74) is 0. The minimum Gasteiger partial charge on any atom is -0.480 e. The molecule has 0 aliphatic carbocycles. The number of carbonyl (C=O) groups is 2. The van der Waals surface area contributed by atoms with E-state index in [4.69, 9.17) is 5.11 Å². The number of ether oxygens (including phenoxy) is 1. The molecular formula is C7H9NO4. The number of cyclic esters (lactones) is 1. The lowest BCUT2D eigenvalue weighted by molar-refractivity contribution is -0.141. The quantitative estimate of drug-likeness (QED) is 0.610. The molecule has 0 unspecified atom stereocenters. The summed E-state index contributed by atoms with van der Waals surface area (Å²) in [6, 6.07) is -0.865. The zero-order chi connectivity index (χ0) is 9.14. The molecule has 0 saturated carbocycles. The average Bonchev–Trinajstić information content (AvgIpc) is 2.34. The largest absolute Gasteiger partial charge is 0.480 e. The smallest absolute Gasteiger partial charge is 0.411 e. The van der Waals surface area contributed by atoms with E-state index in [2.05, 4.69) is 11.3 Å². The Morgan fingerprint density at radius 2 is 2.58 bits per heavy atom. The van der Waals surface area contributed by atoms with Gasteiger partial charge in [-0.1, -0.05) is 6.08 Å². The van der Waals surface area contributed by atoms with Crippen LogP contribution in [-0.2, 0) is 9.53 Å². The molecule has 0 radical (unpaired) electrons. The maximum absolute atomic E-state index is 10.9.